The van der Waals surface area contributed by atoms with Crippen LogP contribution in [0.5, 0.6) is 5.75 Å². The first-order chi connectivity index (χ1) is 9.26. The first kappa shape index (κ1) is 15.3. The maximum atomic E-state index is 11.5. The number of nitrogens with one attached hydrogen (secondary N) is 2. The molecular formula is C13H21N3O3. The molecule has 0 spiro atoms. The topological polar surface area (TPSA) is 85.6 Å². The Morgan fingerprint density at radius 3 is 2.63 bits per heavy atom. The molecule has 1 rings (SSSR count). The minimum absolute atomic E-state index is 0.232. The highest BCUT2D eigenvalue weighted by atomic mass is 16.5. The van der Waals surface area contributed by atoms with Crippen LogP contribution >= 0.6 is 0 Å². The lowest BCUT2D eigenvalue weighted by Gasteiger charge is -2.08. The molecule has 0 radical (unpaired) electrons. The number of anilines is 1. The van der Waals surface area contributed by atoms with Gasteiger partial charge in [0.2, 0.25) is 0 Å². The number of hydrogen-bond acceptors (Lipinski definition) is 4. The predicted molar refractivity (Wildman–Crippen MR) is 74.5 cm³/mol. The van der Waals surface area contributed by atoms with Crippen LogP contribution in [0.15, 0.2) is 24.3 Å². The molecule has 4 N–H and O–H groups in total. The van der Waals surface area contributed by atoms with Crippen LogP contribution in [0.2, 0.25) is 0 Å². The molecule has 106 valence electrons. The second-order valence-corrected chi connectivity index (χ2v) is 3.86. The molecule has 0 saturated heterocycles. The number of rotatable bonds is 8. The zero-order chi connectivity index (χ0) is 13.9. The molecule has 0 aromatic heterocycles. The molecule has 0 saturated carbocycles. The van der Waals surface area contributed by atoms with Gasteiger partial charge in [-0.2, -0.15) is 0 Å². The van der Waals surface area contributed by atoms with Crippen molar-refractivity contribution in [1.29, 1.82) is 0 Å². The van der Waals surface area contributed by atoms with Gasteiger partial charge in [0.05, 0.1) is 13.7 Å². The number of carbonyl (C=O) groups excluding carboxylic acids is 1. The van der Waals surface area contributed by atoms with Gasteiger partial charge < -0.3 is 25.8 Å². The minimum Gasteiger partial charge on any atom is -0.497 e. The van der Waals surface area contributed by atoms with Crippen LogP contribution in [-0.2, 0) is 4.74 Å². The van der Waals surface area contributed by atoms with Crippen LogP contribution in [0.3, 0.4) is 0 Å². The number of carbonyl (C=O) groups is 1. The Balaban J connectivity index is 2.16. The number of ether oxygens (including phenoxy) is 2. The number of amides is 2. The van der Waals surface area contributed by atoms with Crippen molar-refractivity contribution in [2.75, 3.05) is 38.7 Å². The summed E-state index contributed by atoms with van der Waals surface area (Å²) in [5, 5.41) is 5.47. The van der Waals surface area contributed by atoms with E-state index in [1.165, 1.54) is 0 Å². The molecule has 0 aliphatic rings. The number of benzene rings is 1. The van der Waals surface area contributed by atoms with Gasteiger partial charge in [-0.3, -0.25) is 0 Å². The zero-order valence-corrected chi connectivity index (χ0v) is 11.1. The van der Waals surface area contributed by atoms with Crippen molar-refractivity contribution in [3.63, 3.8) is 0 Å². The lowest BCUT2D eigenvalue weighted by atomic mass is 10.3. The molecule has 6 heteroatoms. The summed E-state index contributed by atoms with van der Waals surface area (Å²) in [6.07, 6.45) is 0.760. The van der Waals surface area contributed by atoms with Gasteiger partial charge in [-0.1, -0.05) is 0 Å². The number of hydrogen-bond donors (Lipinski definition) is 3. The second kappa shape index (κ2) is 9.18. The Kier molecular flexibility index (Phi) is 7.38. The van der Waals surface area contributed by atoms with Gasteiger partial charge >= 0.3 is 6.03 Å². The van der Waals surface area contributed by atoms with E-state index in [4.69, 9.17) is 15.2 Å². The largest absolute Gasteiger partial charge is 0.497 e. The van der Waals surface area contributed by atoms with Gasteiger partial charge in [0.15, 0.2) is 0 Å². The fourth-order valence-electron chi connectivity index (χ4n) is 1.41. The monoisotopic (exact) mass is 267 g/mol. The summed E-state index contributed by atoms with van der Waals surface area (Å²) < 4.78 is 10.2. The molecular weight excluding hydrogens is 246 g/mol. The number of nitrogens with two attached hydrogens (primary N) is 1. The molecule has 1 aromatic carbocycles. The first-order valence-corrected chi connectivity index (χ1v) is 6.23. The summed E-state index contributed by atoms with van der Waals surface area (Å²) >= 11 is 0. The lowest BCUT2D eigenvalue weighted by Crippen LogP contribution is -2.30. The Labute approximate surface area is 113 Å². The van der Waals surface area contributed by atoms with E-state index < -0.39 is 0 Å². The molecule has 6 nitrogen and oxygen atoms in total. The third-order valence-corrected chi connectivity index (χ3v) is 2.36. The van der Waals surface area contributed by atoms with Crippen LogP contribution in [0.4, 0.5) is 10.5 Å². The average Bonchev–Trinajstić information content (AvgIpc) is 2.43. The van der Waals surface area contributed by atoms with E-state index in [1.54, 1.807) is 31.4 Å². The van der Waals surface area contributed by atoms with Crippen molar-refractivity contribution >= 4 is 11.7 Å². The molecule has 0 aliphatic heterocycles. The number of methoxy groups -OCH3 is 1. The van der Waals surface area contributed by atoms with Gasteiger partial charge in [0.25, 0.3) is 0 Å². The summed E-state index contributed by atoms with van der Waals surface area (Å²) in [6.45, 7) is 2.23. The van der Waals surface area contributed by atoms with E-state index in [0.29, 0.717) is 26.3 Å². The van der Waals surface area contributed by atoms with Gasteiger partial charge in [0.1, 0.15) is 5.75 Å². The van der Waals surface area contributed by atoms with Crippen LogP contribution in [0.25, 0.3) is 0 Å². The SMILES string of the molecule is COc1ccc(NC(=O)NCCCOCCN)cc1. The van der Waals surface area contributed by atoms with Crippen molar-refractivity contribution in [2.24, 2.45) is 5.73 Å². The molecule has 0 fully saturated rings. The number of urea groups is 1. The fraction of sp³-hybridized carbons (Fsp3) is 0.462. The third kappa shape index (κ3) is 6.64. The molecule has 0 bridgehead atoms. The van der Waals surface area contributed by atoms with E-state index in [0.717, 1.165) is 17.9 Å². The van der Waals surface area contributed by atoms with Crippen molar-refractivity contribution in [3.05, 3.63) is 24.3 Å². The normalized spacial score (nSPS) is 10.0. The molecule has 0 unspecified atom stereocenters. The average molecular weight is 267 g/mol. The maximum Gasteiger partial charge on any atom is 0.319 e. The van der Waals surface area contributed by atoms with Crippen LogP contribution in [0.1, 0.15) is 6.42 Å². The van der Waals surface area contributed by atoms with E-state index in [1.807, 2.05) is 0 Å². The Bertz CT molecular complexity index is 368. The Hall–Kier alpha value is -1.79. The Morgan fingerprint density at radius 2 is 2.00 bits per heavy atom. The lowest BCUT2D eigenvalue weighted by molar-refractivity contribution is 0.139. The van der Waals surface area contributed by atoms with Gasteiger partial charge in [-0.25, -0.2) is 4.79 Å². The third-order valence-electron chi connectivity index (χ3n) is 2.36. The van der Waals surface area contributed by atoms with E-state index in [2.05, 4.69) is 10.6 Å². The first-order valence-electron chi connectivity index (χ1n) is 6.23. The summed E-state index contributed by atoms with van der Waals surface area (Å²) in [6, 6.07) is 6.90. The second-order valence-electron chi connectivity index (χ2n) is 3.86. The highest BCUT2D eigenvalue weighted by Crippen LogP contribution is 2.14. The summed E-state index contributed by atoms with van der Waals surface area (Å²) in [7, 11) is 1.60. The molecule has 2 amide bonds. The summed E-state index contributed by atoms with van der Waals surface area (Å²) in [5.74, 6) is 0.753. The van der Waals surface area contributed by atoms with Gasteiger partial charge in [0, 0.05) is 25.4 Å². The van der Waals surface area contributed by atoms with E-state index in [9.17, 15) is 4.79 Å². The molecule has 0 atom stereocenters. The van der Waals surface area contributed by atoms with Crippen LogP contribution in [0, 0.1) is 0 Å². The smallest absolute Gasteiger partial charge is 0.319 e. The minimum atomic E-state index is -0.232. The summed E-state index contributed by atoms with van der Waals surface area (Å²) in [4.78, 5) is 11.5. The van der Waals surface area contributed by atoms with Gasteiger partial charge in [-0.05, 0) is 30.7 Å². The van der Waals surface area contributed by atoms with E-state index >= 15 is 0 Å². The highest BCUT2D eigenvalue weighted by Gasteiger charge is 2.00. The molecule has 0 heterocycles. The van der Waals surface area contributed by atoms with Crippen molar-refractivity contribution < 1.29 is 14.3 Å². The zero-order valence-electron chi connectivity index (χ0n) is 11.1. The van der Waals surface area contributed by atoms with Crippen LogP contribution in [-0.4, -0.2) is 39.4 Å². The van der Waals surface area contributed by atoms with E-state index in [-0.39, 0.29) is 6.03 Å². The van der Waals surface area contributed by atoms with Crippen molar-refractivity contribution in [3.8, 4) is 5.75 Å². The standard InChI is InChI=1S/C13H21N3O3/c1-18-12-5-3-11(4-6-12)16-13(17)15-8-2-9-19-10-7-14/h3-6H,2,7-10,14H2,1H3,(H2,15,16,17). The van der Waals surface area contributed by atoms with Gasteiger partial charge in [-0.15, -0.1) is 0 Å². The van der Waals surface area contributed by atoms with Crippen molar-refractivity contribution in [1.82, 2.24) is 5.32 Å². The predicted octanol–water partition coefficient (Wildman–Crippen LogP) is 1.18. The summed E-state index contributed by atoms with van der Waals surface area (Å²) in [5.41, 5.74) is 6.00. The van der Waals surface area contributed by atoms with Crippen molar-refractivity contribution in [2.45, 2.75) is 6.42 Å². The molecule has 1 aromatic rings. The quantitative estimate of drug-likeness (QED) is 0.617. The van der Waals surface area contributed by atoms with Crippen LogP contribution < -0.4 is 21.1 Å². The highest BCUT2D eigenvalue weighted by molar-refractivity contribution is 5.89. The fourth-order valence-corrected chi connectivity index (χ4v) is 1.41. The Morgan fingerprint density at radius 1 is 1.26 bits per heavy atom. The molecule has 19 heavy (non-hydrogen) atoms. The molecule has 0 aliphatic carbocycles. The maximum absolute atomic E-state index is 11.5.